The highest BCUT2D eigenvalue weighted by Crippen LogP contribution is 2.13. The van der Waals surface area contributed by atoms with Crippen LogP contribution in [0.4, 0.5) is 0 Å². The molecule has 2 atom stereocenters. The number of amides is 1. The molecular weight excluding hydrogens is 695 g/mol. The fourth-order valence-corrected chi connectivity index (χ4v) is 5.76. The highest BCUT2D eigenvalue weighted by molar-refractivity contribution is 7.80. The summed E-state index contributed by atoms with van der Waals surface area (Å²) in [6, 6.07) is -0.869. The van der Waals surface area contributed by atoms with Gasteiger partial charge in [-0.15, -0.1) is 0 Å². The summed E-state index contributed by atoms with van der Waals surface area (Å²) in [5.41, 5.74) is 0. The van der Waals surface area contributed by atoms with Crippen LogP contribution in [-0.4, -0.2) is 55.6 Å². The van der Waals surface area contributed by atoms with Gasteiger partial charge in [0.05, 0.1) is 6.61 Å². The minimum Gasteiger partial charge on any atom is -0.460 e. The predicted octanol–water partition coefficient (Wildman–Crippen LogP) is 11.9. The number of carbonyl (C=O) groups excluding carboxylic acids is 3. The van der Waals surface area contributed by atoms with Crippen molar-refractivity contribution in [1.29, 1.82) is 0 Å². The van der Waals surface area contributed by atoms with Crippen LogP contribution in [0, 0.1) is 0 Å². The number of hydrogen-bond acceptors (Lipinski definition) is 7. The molecule has 0 radical (unpaired) electrons. The SMILES string of the molecule is CC/C=C/C/C=C/C/C=C/C/C=C/C/C=C/C/C=C/CCC(=O)OC(COCCCCCCCCCCCCCCCC)COC(=O)C(CS)NC(C)=O. The first-order valence-electron chi connectivity index (χ1n) is 21.2. The molecule has 7 nitrogen and oxygen atoms in total. The van der Waals surface area contributed by atoms with Gasteiger partial charge in [0.2, 0.25) is 5.91 Å². The molecule has 0 bridgehead atoms. The molecule has 0 spiro atoms. The van der Waals surface area contributed by atoms with Crippen LogP contribution in [0.25, 0.3) is 0 Å². The van der Waals surface area contributed by atoms with Crippen molar-refractivity contribution < 1.29 is 28.6 Å². The Labute approximate surface area is 336 Å². The van der Waals surface area contributed by atoms with E-state index in [1.807, 2.05) is 12.2 Å². The molecule has 1 N–H and O–H groups in total. The topological polar surface area (TPSA) is 90.9 Å². The number of hydrogen-bond donors (Lipinski definition) is 2. The summed E-state index contributed by atoms with van der Waals surface area (Å²) in [5, 5.41) is 2.52. The summed E-state index contributed by atoms with van der Waals surface area (Å²) < 4.78 is 16.9. The van der Waals surface area contributed by atoms with Crippen molar-refractivity contribution in [3.8, 4) is 0 Å². The first kappa shape index (κ1) is 51.2. The van der Waals surface area contributed by atoms with Gasteiger partial charge in [-0.05, 0) is 51.4 Å². The zero-order chi connectivity index (χ0) is 39.6. The van der Waals surface area contributed by atoms with Crippen molar-refractivity contribution >= 4 is 30.5 Å². The lowest BCUT2D eigenvalue weighted by molar-refractivity contribution is -0.163. The second kappa shape index (κ2) is 41.3. The third kappa shape index (κ3) is 37.5. The first-order valence-corrected chi connectivity index (χ1v) is 21.8. The number of allylic oxidation sites excluding steroid dienone is 12. The lowest BCUT2D eigenvalue weighted by Crippen LogP contribution is -2.43. The lowest BCUT2D eigenvalue weighted by atomic mass is 10.0. The summed E-state index contributed by atoms with van der Waals surface area (Å²) in [7, 11) is 0. The number of ether oxygens (including phenoxy) is 3. The van der Waals surface area contributed by atoms with E-state index in [0.29, 0.717) is 13.0 Å². The predicted molar refractivity (Wildman–Crippen MR) is 231 cm³/mol. The Hall–Kier alpha value is -2.84. The van der Waals surface area contributed by atoms with Crippen molar-refractivity contribution in [2.24, 2.45) is 0 Å². The highest BCUT2D eigenvalue weighted by atomic mass is 32.1. The maximum absolute atomic E-state index is 12.6. The van der Waals surface area contributed by atoms with E-state index >= 15 is 0 Å². The van der Waals surface area contributed by atoms with Crippen LogP contribution in [0.1, 0.15) is 162 Å². The molecule has 0 aliphatic rings. The first-order chi connectivity index (χ1) is 26.4. The molecule has 0 fully saturated rings. The number of carbonyl (C=O) groups is 3. The van der Waals surface area contributed by atoms with Crippen molar-refractivity contribution in [2.45, 2.75) is 174 Å². The maximum atomic E-state index is 12.6. The van der Waals surface area contributed by atoms with Gasteiger partial charge in [0.25, 0.3) is 0 Å². The highest BCUT2D eigenvalue weighted by Gasteiger charge is 2.23. The number of thiol groups is 1. The van der Waals surface area contributed by atoms with E-state index in [4.69, 9.17) is 14.2 Å². The Kier molecular flexibility index (Phi) is 39.2. The molecule has 308 valence electrons. The molecule has 0 saturated heterocycles. The Morgan fingerprint density at radius 2 is 1.04 bits per heavy atom. The van der Waals surface area contributed by atoms with Gasteiger partial charge in [0.15, 0.2) is 6.10 Å². The van der Waals surface area contributed by atoms with E-state index in [1.165, 1.54) is 84.0 Å². The fraction of sp³-hybridized carbons (Fsp3) is 0.674. The molecule has 0 aliphatic carbocycles. The van der Waals surface area contributed by atoms with Crippen molar-refractivity contribution in [3.63, 3.8) is 0 Å². The normalized spacial score (nSPS) is 13.3. The van der Waals surface area contributed by atoms with Gasteiger partial charge < -0.3 is 19.5 Å². The quantitative estimate of drug-likeness (QED) is 0.0283. The van der Waals surface area contributed by atoms with Gasteiger partial charge in [-0.2, -0.15) is 12.6 Å². The van der Waals surface area contributed by atoms with Gasteiger partial charge in [-0.25, -0.2) is 4.79 Å². The van der Waals surface area contributed by atoms with Crippen molar-refractivity contribution in [1.82, 2.24) is 5.32 Å². The third-order valence-corrected chi connectivity index (χ3v) is 8.98. The van der Waals surface area contributed by atoms with Crippen LogP contribution in [0.15, 0.2) is 72.9 Å². The van der Waals surface area contributed by atoms with Crippen molar-refractivity contribution in [2.75, 3.05) is 25.6 Å². The van der Waals surface area contributed by atoms with Crippen LogP contribution < -0.4 is 5.32 Å². The molecule has 0 saturated carbocycles. The standard InChI is InChI=1S/C46H77NO6S/c1-4-6-8-10-12-14-16-18-20-21-22-23-24-25-27-29-31-33-35-37-45(49)53-43(40-52-46(50)44(41-54)47-42(3)48)39-51-38-36-34-32-30-28-26-19-17-15-13-11-9-7-5-2/h6,8,12,14,18,20,22-23,25,27,31,33,43-44,54H,4-5,7,9-11,13,15-17,19,21,24,26,28-30,32,34-41H2,1-3H3,(H,47,48)/b8-6+,14-12+,20-18+,23-22+,27-25+,33-31+. The molecule has 0 aromatic heterocycles. The Morgan fingerprint density at radius 1 is 0.593 bits per heavy atom. The smallest absolute Gasteiger partial charge is 0.329 e. The fourth-order valence-electron chi connectivity index (χ4n) is 5.52. The van der Waals surface area contributed by atoms with Crippen molar-refractivity contribution in [3.05, 3.63) is 72.9 Å². The Balaban J connectivity index is 4.35. The molecule has 0 heterocycles. The monoisotopic (exact) mass is 772 g/mol. The zero-order valence-corrected chi connectivity index (χ0v) is 35.3. The van der Waals surface area contributed by atoms with Crippen LogP contribution in [0.5, 0.6) is 0 Å². The summed E-state index contributed by atoms with van der Waals surface area (Å²) in [4.78, 5) is 36.6. The summed E-state index contributed by atoms with van der Waals surface area (Å²) >= 11 is 4.14. The molecule has 8 heteroatoms. The van der Waals surface area contributed by atoms with E-state index in [2.05, 4.69) is 92.6 Å². The van der Waals surface area contributed by atoms with Gasteiger partial charge in [-0.3, -0.25) is 9.59 Å². The molecular formula is C46H77NO6S. The number of esters is 2. The largest absolute Gasteiger partial charge is 0.460 e. The van der Waals surface area contributed by atoms with E-state index in [-0.39, 0.29) is 37.3 Å². The van der Waals surface area contributed by atoms with Crippen LogP contribution in [0.3, 0.4) is 0 Å². The number of rotatable bonds is 37. The van der Waals surface area contributed by atoms with Gasteiger partial charge in [0.1, 0.15) is 12.6 Å². The number of nitrogens with one attached hydrogen (secondary N) is 1. The molecule has 54 heavy (non-hydrogen) atoms. The van der Waals surface area contributed by atoms with E-state index in [1.54, 1.807) is 0 Å². The minimum absolute atomic E-state index is 0.102. The van der Waals surface area contributed by atoms with E-state index in [9.17, 15) is 14.4 Å². The summed E-state index contributed by atoms with van der Waals surface area (Å²) in [5.74, 6) is -1.24. The lowest BCUT2D eigenvalue weighted by Gasteiger charge is -2.20. The van der Waals surface area contributed by atoms with E-state index in [0.717, 1.165) is 51.4 Å². The molecule has 0 aliphatic heterocycles. The zero-order valence-electron chi connectivity index (χ0n) is 34.4. The van der Waals surface area contributed by atoms with Gasteiger partial charge >= 0.3 is 11.9 Å². The van der Waals surface area contributed by atoms with Crippen LogP contribution in [-0.2, 0) is 28.6 Å². The molecule has 0 aromatic rings. The average molecular weight is 772 g/mol. The minimum atomic E-state index is -0.869. The summed E-state index contributed by atoms with van der Waals surface area (Å²) in [6.45, 7) is 6.30. The van der Waals surface area contributed by atoms with Crippen LogP contribution >= 0.6 is 12.6 Å². The maximum Gasteiger partial charge on any atom is 0.329 e. The average Bonchev–Trinajstić information content (AvgIpc) is 3.16. The Bertz CT molecular complexity index is 1080. The number of unbranched alkanes of at least 4 members (excludes halogenated alkanes) is 13. The molecule has 1 amide bonds. The van der Waals surface area contributed by atoms with Crippen LogP contribution in [0.2, 0.25) is 0 Å². The summed E-state index contributed by atoms with van der Waals surface area (Å²) in [6.07, 6.45) is 49.6. The second-order valence-electron chi connectivity index (χ2n) is 13.8. The van der Waals surface area contributed by atoms with E-state index < -0.39 is 18.1 Å². The third-order valence-electron chi connectivity index (χ3n) is 8.61. The molecule has 0 rings (SSSR count). The van der Waals surface area contributed by atoms with Gasteiger partial charge in [0, 0.05) is 25.7 Å². The second-order valence-corrected chi connectivity index (χ2v) is 14.2. The molecule has 2 unspecified atom stereocenters. The molecule has 0 aromatic carbocycles. The van der Waals surface area contributed by atoms with Gasteiger partial charge in [-0.1, -0.05) is 170 Å². The Morgan fingerprint density at radius 3 is 1.48 bits per heavy atom.